The summed E-state index contributed by atoms with van der Waals surface area (Å²) >= 11 is 0. The Labute approximate surface area is 121 Å². The first-order chi connectivity index (χ1) is 9.70. The van der Waals surface area contributed by atoms with Crippen LogP contribution in [-0.4, -0.2) is 23.7 Å². The molecule has 3 nitrogen and oxygen atoms in total. The van der Waals surface area contributed by atoms with Crippen molar-refractivity contribution in [2.75, 3.05) is 6.61 Å². The average Bonchev–Trinajstić information content (AvgIpc) is 2.47. The van der Waals surface area contributed by atoms with Crippen molar-refractivity contribution >= 4 is 5.91 Å². The lowest BCUT2D eigenvalue weighted by molar-refractivity contribution is -0.122. The Kier molecular flexibility index (Phi) is 5.60. The second kappa shape index (κ2) is 7.44. The molecule has 0 bridgehead atoms. The van der Waals surface area contributed by atoms with E-state index < -0.39 is 0 Å². The number of hydrogen-bond acceptors (Lipinski definition) is 2. The zero-order valence-corrected chi connectivity index (χ0v) is 12.3. The Hall–Kier alpha value is -1.35. The first-order valence-corrected chi connectivity index (χ1v) is 7.65. The molecule has 0 aliphatic heterocycles. The summed E-state index contributed by atoms with van der Waals surface area (Å²) in [6.07, 6.45) is 5.66. The molecule has 1 aliphatic carbocycles. The van der Waals surface area contributed by atoms with E-state index in [4.69, 9.17) is 0 Å². The Bertz CT molecular complexity index is 444. The Balaban J connectivity index is 1.82. The molecule has 0 aromatic heterocycles. The van der Waals surface area contributed by atoms with E-state index in [1.165, 1.54) is 17.5 Å². The van der Waals surface area contributed by atoms with E-state index >= 15 is 0 Å². The van der Waals surface area contributed by atoms with Crippen LogP contribution in [0.3, 0.4) is 0 Å². The number of aliphatic hydroxyl groups excluding tert-OH is 1. The monoisotopic (exact) mass is 275 g/mol. The fourth-order valence-corrected chi connectivity index (χ4v) is 3.03. The van der Waals surface area contributed by atoms with Crippen LogP contribution in [0.1, 0.15) is 43.2 Å². The summed E-state index contributed by atoms with van der Waals surface area (Å²) in [6.45, 7) is 2.26. The third-order valence-corrected chi connectivity index (χ3v) is 4.37. The number of amides is 1. The predicted octanol–water partition coefficient (Wildman–Crippen LogP) is 2.59. The number of rotatable bonds is 5. The molecule has 0 radical (unpaired) electrons. The van der Waals surface area contributed by atoms with Crippen LogP contribution in [-0.2, 0) is 11.2 Å². The van der Waals surface area contributed by atoms with Crippen molar-refractivity contribution in [3.05, 3.63) is 35.4 Å². The van der Waals surface area contributed by atoms with Gasteiger partial charge in [-0.05, 0) is 37.3 Å². The molecule has 1 fully saturated rings. The van der Waals surface area contributed by atoms with Crippen LogP contribution in [0.5, 0.6) is 0 Å². The second-order valence-electron chi connectivity index (χ2n) is 5.83. The molecule has 0 spiro atoms. The molecule has 20 heavy (non-hydrogen) atoms. The number of benzene rings is 1. The van der Waals surface area contributed by atoms with Gasteiger partial charge in [0.15, 0.2) is 0 Å². The highest BCUT2D eigenvalue weighted by Crippen LogP contribution is 2.24. The smallest absolute Gasteiger partial charge is 0.220 e. The van der Waals surface area contributed by atoms with Gasteiger partial charge >= 0.3 is 0 Å². The maximum atomic E-state index is 12.1. The normalized spacial score (nSPS) is 22.5. The third kappa shape index (κ3) is 4.07. The first kappa shape index (κ1) is 15.0. The molecule has 1 saturated carbocycles. The lowest BCUT2D eigenvalue weighted by Gasteiger charge is -2.30. The summed E-state index contributed by atoms with van der Waals surface area (Å²) in [6, 6.07) is 8.37. The number of nitrogens with one attached hydrogen (secondary N) is 1. The van der Waals surface area contributed by atoms with Gasteiger partial charge in [0, 0.05) is 25.0 Å². The largest absolute Gasteiger partial charge is 0.396 e. The lowest BCUT2D eigenvalue weighted by Crippen LogP contribution is -2.43. The summed E-state index contributed by atoms with van der Waals surface area (Å²) < 4.78 is 0. The van der Waals surface area contributed by atoms with Crippen molar-refractivity contribution < 1.29 is 9.90 Å². The molecule has 1 amide bonds. The highest BCUT2D eigenvalue weighted by molar-refractivity contribution is 5.76. The minimum Gasteiger partial charge on any atom is -0.396 e. The van der Waals surface area contributed by atoms with E-state index in [2.05, 4.69) is 24.4 Å². The third-order valence-electron chi connectivity index (χ3n) is 4.37. The summed E-state index contributed by atoms with van der Waals surface area (Å²) in [5.74, 6) is 0.352. The quantitative estimate of drug-likeness (QED) is 0.868. The standard InChI is InChI=1S/C17H25NO2/c1-13-6-2-3-7-14(13)10-11-17(20)18-16-9-5-4-8-15(16)12-19/h2-3,6-7,15-16,19H,4-5,8-12H2,1H3,(H,18,20). The van der Waals surface area contributed by atoms with Gasteiger partial charge in [-0.2, -0.15) is 0 Å². The highest BCUT2D eigenvalue weighted by Gasteiger charge is 2.25. The fourth-order valence-electron chi connectivity index (χ4n) is 3.03. The van der Waals surface area contributed by atoms with Crippen molar-refractivity contribution in [3.63, 3.8) is 0 Å². The summed E-state index contributed by atoms with van der Waals surface area (Å²) in [5.41, 5.74) is 2.48. The van der Waals surface area contributed by atoms with Crippen LogP contribution in [0.4, 0.5) is 0 Å². The molecule has 0 heterocycles. The maximum absolute atomic E-state index is 12.1. The minimum atomic E-state index is 0.110. The Morgan fingerprint density at radius 3 is 2.80 bits per heavy atom. The average molecular weight is 275 g/mol. The predicted molar refractivity (Wildman–Crippen MR) is 80.5 cm³/mol. The number of carbonyl (C=O) groups excluding carboxylic acids is 1. The van der Waals surface area contributed by atoms with Crippen molar-refractivity contribution in [2.45, 2.75) is 51.5 Å². The van der Waals surface area contributed by atoms with E-state index in [-0.39, 0.29) is 24.5 Å². The van der Waals surface area contributed by atoms with Gasteiger partial charge in [-0.1, -0.05) is 37.1 Å². The second-order valence-corrected chi connectivity index (χ2v) is 5.83. The molecule has 2 unspecified atom stereocenters. The molecule has 1 aromatic rings. The van der Waals surface area contributed by atoms with Crippen LogP contribution < -0.4 is 5.32 Å². The summed E-state index contributed by atoms with van der Waals surface area (Å²) in [7, 11) is 0. The van der Waals surface area contributed by atoms with E-state index in [0.717, 1.165) is 25.7 Å². The summed E-state index contributed by atoms with van der Waals surface area (Å²) in [5, 5.41) is 12.5. The SMILES string of the molecule is Cc1ccccc1CCC(=O)NC1CCCCC1CO. The van der Waals surface area contributed by atoms with E-state index in [1.807, 2.05) is 12.1 Å². The van der Waals surface area contributed by atoms with Crippen molar-refractivity contribution in [3.8, 4) is 0 Å². The molecule has 110 valence electrons. The minimum absolute atomic E-state index is 0.110. The maximum Gasteiger partial charge on any atom is 0.220 e. The number of carbonyl (C=O) groups is 1. The van der Waals surface area contributed by atoms with Crippen LogP contribution >= 0.6 is 0 Å². The van der Waals surface area contributed by atoms with E-state index in [1.54, 1.807) is 0 Å². The van der Waals surface area contributed by atoms with E-state index in [9.17, 15) is 9.90 Å². The zero-order chi connectivity index (χ0) is 14.4. The van der Waals surface area contributed by atoms with Crippen molar-refractivity contribution in [1.29, 1.82) is 0 Å². The molecule has 2 N–H and O–H groups in total. The van der Waals surface area contributed by atoms with Gasteiger partial charge in [-0.3, -0.25) is 4.79 Å². The Morgan fingerprint density at radius 1 is 1.30 bits per heavy atom. The first-order valence-electron chi connectivity index (χ1n) is 7.65. The van der Waals surface area contributed by atoms with Crippen molar-refractivity contribution in [2.24, 2.45) is 5.92 Å². The van der Waals surface area contributed by atoms with Gasteiger partial charge < -0.3 is 10.4 Å². The Morgan fingerprint density at radius 2 is 2.05 bits per heavy atom. The van der Waals surface area contributed by atoms with Gasteiger partial charge in [-0.25, -0.2) is 0 Å². The molecule has 2 rings (SSSR count). The van der Waals surface area contributed by atoms with Crippen LogP contribution in [0, 0.1) is 12.8 Å². The number of aryl methyl sites for hydroxylation is 2. The van der Waals surface area contributed by atoms with Crippen molar-refractivity contribution in [1.82, 2.24) is 5.32 Å². The molecule has 1 aromatic carbocycles. The molecule has 3 heteroatoms. The number of hydrogen-bond donors (Lipinski definition) is 2. The topological polar surface area (TPSA) is 49.3 Å². The highest BCUT2D eigenvalue weighted by atomic mass is 16.3. The van der Waals surface area contributed by atoms with Gasteiger partial charge in [0.05, 0.1) is 0 Å². The molecular formula is C17H25NO2. The van der Waals surface area contributed by atoms with E-state index in [0.29, 0.717) is 6.42 Å². The lowest BCUT2D eigenvalue weighted by atomic mass is 9.85. The number of aliphatic hydroxyl groups is 1. The van der Waals surface area contributed by atoms with Gasteiger partial charge in [0.1, 0.15) is 0 Å². The molecule has 2 atom stereocenters. The van der Waals surface area contributed by atoms with Crippen LogP contribution in [0.25, 0.3) is 0 Å². The van der Waals surface area contributed by atoms with Crippen LogP contribution in [0.2, 0.25) is 0 Å². The van der Waals surface area contributed by atoms with Gasteiger partial charge in [0.25, 0.3) is 0 Å². The molecule has 0 saturated heterocycles. The zero-order valence-electron chi connectivity index (χ0n) is 12.3. The van der Waals surface area contributed by atoms with Gasteiger partial charge in [-0.15, -0.1) is 0 Å². The molecule has 1 aliphatic rings. The summed E-state index contributed by atoms with van der Waals surface area (Å²) in [4.78, 5) is 12.1. The fraction of sp³-hybridized carbons (Fsp3) is 0.588. The van der Waals surface area contributed by atoms with Gasteiger partial charge in [0.2, 0.25) is 5.91 Å². The van der Waals surface area contributed by atoms with Crippen LogP contribution in [0.15, 0.2) is 24.3 Å². The molecular weight excluding hydrogens is 250 g/mol.